The van der Waals surface area contributed by atoms with Crippen LogP contribution in [0.4, 0.5) is 18.9 Å². The van der Waals surface area contributed by atoms with Gasteiger partial charge in [0, 0.05) is 49.2 Å². The van der Waals surface area contributed by atoms with Crippen LogP contribution in [0.2, 0.25) is 0 Å². The smallest absolute Gasteiger partial charge is 0.416 e. The predicted octanol–water partition coefficient (Wildman–Crippen LogP) is 4.67. The molecular weight excluding hydrogens is 447 g/mol. The highest BCUT2D eigenvalue weighted by molar-refractivity contribution is 5.97. The Morgan fingerprint density at radius 2 is 1.88 bits per heavy atom. The number of ether oxygens (including phenoxy) is 1. The van der Waals surface area contributed by atoms with Crippen LogP contribution in [0.15, 0.2) is 73.1 Å². The largest absolute Gasteiger partial charge is 0.489 e. The molecule has 1 N–H and O–H groups in total. The second-order valence-corrected chi connectivity index (χ2v) is 8.04. The third-order valence-corrected chi connectivity index (χ3v) is 5.44. The van der Waals surface area contributed by atoms with E-state index in [1.54, 1.807) is 36.7 Å². The van der Waals surface area contributed by atoms with E-state index < -0.39 is 17.7 Å². The molecule has 1 aliphatic heterocycles. The molecule has 1 fully saturated rings. The van der Waals surface area contributed by atoms with Gasteiger partial charge in [0.15, 0.2) is 0 Å². The third kappa shape index (κ3) is 5.92. The number of amides is 2. The van der Waals surface area contributed by atoms with Gasteiger partial charge < -0.3 is 15.0 Å². The number of nitrogens with zero attached hydrogens (tertiary/aromatic N) is 2. The number of hydrogen-bond acceptors (Lipinski definition) is 4. The summed E-state index contributed by atoms with van der Waals surface area (Å²) < 4.78 is 44.6. The van der Waals surface area contributed by atoms with Crippen LogP contribution in [0.5, 0.6) is 5.75 Å². The number of halogens is 3. The molecule has 0 spiro atoms. The van der Waals surface area contributed by atoms with Crippen molar-refractivity contribution < 1.29 is 27.5 Å². The molecule has 6 nitrogen and oxygen atoms in total. The van der Waals surface area contributed by atoms with Crippen LogP contribution in [0, 0.1) is 5.92 Å². The van der Waals surface area contributed by atoms with E-state index in [1.807, 2.05) is 12.1 Å². The highest BCUT2D eigenvalue weighted by atomic mass is 19.4. The van der Waals surface area contributed by atoms with Crippen LogP contribution in [-0.4, -0.2) is 28.2 Å². The van der Waals surface area contributed by atoms with Crippen molar-refractivity contribution >= 4 is 17.5 Å². The molecule has 0 bridgehead atoms. The number of aromatic nitrogens is 1. The van der Waals surface area contributed by atoms with Crippen molar-refractivity contribution in [3.63, 3.8) is 0 Å². The molecule has 2 amide bonds. The molecule has 0 saturated carbocycles. The Labute approximate surface area is 194 Å². The lowest BCUT2D eigenvalue weighted by Crippen LogP contribution is -2.28. The molecule has 4 rings (SSSR count). The van der Waals surface area contributed by atoms with Crippen molar-refractivity contribution in [1.82, 2.24) is 9.88 Å². The zero-order valence-corrected chi connectivity index (χ0v) is 18.1. The van der Waals surface area contributed by atoms with E-state index in [2.05, 4.69) is 10.3 Å². The minimum Gasteiger partial charge on any atom is -0.489 e. The first-order valence-corrected chi connectivity index (χ1v) is 10.6. The standard InChI is InChI=1S/C25H22F3N3O3/c26-25(27,28)20-6-1-4-17(10-20)14-31-15-19(11-23(31)32)24(33)30-21-7-2-8-22(12-21)34-16-18-5-3-9-29-13-18/h1-10,12-13,19H,11,14-16H2,(H,30,33). The van der Waals surface area contributed by atoms with E-state index in [4.69, 9.17) is 4.74 Å². The van der Waals surface area contributed by atoms with E-state index in [0.717, 1.165) is 17.7 Å². The lowest BCUT2D eigenvalue weighted by atomic mass is 10.1. The fourth-order valence-electron chi connectivity index (χ4n) is 3.73. The second kappa shape index (κ2) is 9.94. The molecule has 1 aromatic heterocycles. The number of hydrogen-bond donors (Lipinski definition) is 1. The summed E-state index contributed by atoms with van der Waals surface area (Å²) in [6.45, 7) is 0.481. The van der Waals surface area contributed by atoms with Crippen LogP contribution in [0.3, 0.4) is 0 Å². The van der Waals surface area contributed by atoms with Crippen LogP contribution in [0.1, 0.15) is 23.1 Å². The summed E-state index contributed by atoms with van der Waals surface area (Å²) in [7, 11) is 0. The predicted molar refractivity (Wildman–Crippen MR) is 119 cm³/mol. The summed E-state index contributed by atoms with van der Waals surface area (Å²) in [4.78, 5) is 30.6. The summed E-state index contributed by atoms with van der Waals surface area (Å²) in [5.74, 6) is -0.635. The van der Waals surface area contributed by atoms with Crippen molar-refractivity contribution in [2.24, 2.45) is 5.92 Å². The average molecular weight is 469 g/mol. The number of carbonyl (C=O) groups is 2. The van der Waals surface area contributed by atoms with E-state index in [-0.39, 0.29) is 31.3 Å². The zero-order chi connectivity index (χ0) is 24.1. The summed E-state index contributed by atoms with van der Waals surface area (Å²) in [6, 6.07) is 15.5. The molecule has 34 heavy (non-hydrogen) atoms. The Bertz CT molecular complexity index is 1170. The average Bonchev–Trinajstić information content (AvgIpc) is 3.18. The molecular formula is C25H22F3N3O3. The summed E-state index contributed by atoms with van der Waals surface area (Å²) in [5.41, 5.74) is 1.03. The fourth-order valence-corrected chi connectivity index (χ4v) is 3.73. The first-order valence-electron chi connectivity index (χ1n) is 10.6. The fraction of sp³-hybridized carbons (Fsp3) is 0.240. The van der Waals surface area contributed by atoms with Gasteiger partial charge >= 0.3 is 6.18 Å². The van der Waals surface area contributed by atoms with Crippen LogP contribution < -0.4 is 10.1 Å². The Kier molecular flexibility index (Phi) is 6.81. The molecule has 3 aromatic rings. The number of anilines is 1. The van der Waals surface area contributed by atoms with Gasteiger partial charge in [-0.3, -0.25) is 14.6 Å². The van der Waals surface area contributed by atoms with Crippen molar-refractivity contribution in [3.8, 4) is 5.75 Å². The number of alkyl halides is 3. The molecule has 1 unspecified atom stereocenters. The van der Waals surface area contributed by atoms with Crippen molar-refractivity contribution in [2.45, 2.75) is 25.7 Å². The SMILES string of the molecule is O=C(Nc1cccc(OCc2cccnc2)c1)C1CC(=O)N(Cc2cccc(C(F)(F)F)c2)C1. The maximum atomic E-state index is 13.0. The number of benzene rings is 2. The Balaban J connectivity index is 1.34. The van der Waals surface area contributed by atoms with Gasteiger partial charge in [-0.25, -0.2) is 0 Å². The highest BCUT2D eigenvalue weighted by Crippen LogP contribution is 2.30. The normalized spacial score (nSPS) is 15.9. The van der Waals surface area contributed by atoms with Crippen LogP contribution in [0.25, 0.3) is 0 Å². The minimum absolute atomic E-state index is 0.00198. The van der Waals surface area contributed by atoms with Gasteiger partial charge in [-0.2, -0.15) is 13.2 Å². The van der Waals surface area contributed by atoms with Gasteiger partial charge in [-0.15, -0.1) is 0 Å². The van der Waals surface area contributed by atoms with Crippen LogP contribution >= 0.6 is 0 Å². The molecule has 1 atom stereocenters. The maximum Gasteiger partial charge on any atom is 0.416 e. The Morgan fingerprint density at radius 3 is 2.65 bits per heavy atom. The summed E-state index contributed by atoms with van der Waals surface area (Å²) >= 11 is 0. The number of pyridine rings is 1. The van der Waals surface area contributed by atoms with Crippen LogP contribution in [-0.2, 0) is 28.9 Å². The number of nitrogens with one attached hydrogen (secondary N) is 1. The van der Waals surface area contributed by atoms with E-state index in [1.165, 1.54) is 17.0 Å². The van der Waals surface area contributed by atoms with Gasteiger partial charge in [-0.05, 0) is 35.9 Å². The van der Waals surface area contributed by atoms with Crippen molar-refractivity contribution in [1.29, 1.82) is 0 Å². The highest BCUT2D eigenvalue weighted by Gasteiger charge is 2.35. The molecule has 176 valence electrons. The summed E-state index contributed by atoms with van der Waals surface area (Å²) in [5, 5.41) is 2.80. The first kappa shape index (κ1) is 23.3. The zero-order valence-electron chi connectivity index (χ0n) is 18.1. The monoisotopic (exact) mass is 469 g/mol. The van der Waals surface area contributed by atoms with Crippen molar-refractivity contribution in [2.75, 3.05) is 11.9 Å². The van der Waals surface area contributed by atoms with Gasteiger partial charge in [0.25, 0.3) is 0 Å². The minimum atomic E-state index is -4.45. The molecule has 0 radical (unpaired) electrons. The van der Waals surface area contributed by atoms with Gasteiger partial charge in [0.2, 0.25) is 11.8 Å². The van der Waals surface area contributed by atoms with Gasteiger partial charge in [0.1, 0.15) is 12.4 Å². The molecule has 0 aliphatic carbocycles. The number of rotatable bonds is 7. The molecule has 2 heterocycles. The topological polar surface area (TPSA) is 71.5 Å². The van der Waals surface area contributed by atoms with E-state index >= 15 is 0 Å². The molecule has 1 aliphatic rings. The van der Waals surface area contributed by atoms with E-state index in [0.29, 0.717) is 23.6 Å². The number of likely N-dealkylation sites (tertiary alicyclic amines) is 1. The second-order valence-electron chi connectivity index (χ2n) is 8.04. The van der Waals surface area contributed by atoms with Crippen molar-refractivity contribution in [3.05, 3.63) is 89.7 Å². The Morgan fingerprint density at radius 1 is 1.09 bits per heavy atom. The Hall–Kier alpha value is -3.88. The lowest BCUT2D eigenvalue weighted by Gasteiger charge is -2.18. The van der Waals surface area contributed by atoms with Gasteiger partial charge in [-0.1, -0.05) is 24.3 Å². The first-order chi connectivity index (χ1) is 16.3. The third-order valence-electron chi connectivity index (χ3n) is 5.44. The van der Waals surface area contributed by atoms with E-state index in [9.17, 15) is 22.8 Å². The maximum absolute atomic E-state index is 13.0. The molecule has 9 heteroatoms. The number of carbonyl (C=O) groups excluding carboxylic acids is 2. The van der Waals surface area contributed by atoms with Gasteiger partial charge in [0.05, 0.1) is 11.5 Å². The lowest BCUT2D eigenvalue weighted by molar-refractivity contribution is -0.137. The quantitative estimate of drug-likeness (QED) is 0.546. The molecule has 2 aromatic carbocycles. The molecule has 1 saturated heterocycles. The summed E-state index contributed by atoms with van der Waals surface area (Å²) in [6.07, 6.45) is -1.08.